The zero-order valence-corrected chi connectivity index (χ0v) is 16.6. The average molecular weight is 370 g/mol. The lowest BCUT2D eigenvalue weighted by Gasteiger charge is -2.26. The number of rotatable bonds is 7. The van der Waals surface area contributed by atoms with E-state index in [1.165, 1.54) is 0 Å². The fourth-order valence-electron chi connectivity index (χ4n) is 3.49. The van der Waals surface area contributed by atoms with Gasteiger partial charge in [0.2, 0.25) is 5.75 Å². The number of aromatic amines is 1. The standard InChI is InChI=1S/C21H26N2O4/c1-23(2)20(13-9-18(25-4)21(27-6)19(10-13)26-5)16-12-22-17-8-7-14(24-3)11-15(16)17/h7-12,20,22H,1-6H3. The molecule has 0 radical (unpaired) electrons. The van der Waals surface area contributed by atoms with E-state index < -0.39 is 0 Å². The molecule has 1 unspecified atom stereocenters. The van der Waals surface area contributed by atoms with Gasteiger partial charge in [-0.2, -0.15) is 0 Å². The lowest BCUT2D eigenvalue weighted by Crippen LogP contribution is -2.21. The van der Waals surface area contributed by atoms with E-state index in [0.717, 1.165) is 27.8 Å². The third kappa shape index (κ3) is 3.40. The van der Waals surface area contributed by atoms with Crippen LogP contribution in [0.1, 0.15) is 17.2 Å². The van der Waals surface area contributed by atoms with E-state index in [2.05, 4.69) is 16.0 Å². The van der Waals surface area contributed by atoms with E-state index in [1.54, 1.807) is 28.4 Å². The highest BCUT2D eigenvalue weighted by atomic mass is 16.5. The van der Waals surface area contributed by atoms with Crippen molar-refractivity contribution in [1.29, 1.82) is 0 Å². The average Bonchev–Trinajstić information content (AvgIpc) is 3.09. The first-order valence-electron chi connectivity index (χ1n) is 8.65. The first kappa shape index (κ1) is 18.9. The van der Waals surface area contributed by atoms with Gasteiger partial charge in [-0.1, -0.05) is 0 Å². The molecular weight excluding hydrogens is 344 g/mol. The summed E-state index contributed by atoms with van der Waals surface area (Å²) in [5.74, 6) is 2.68. The van der Waals surface area contributed by atoms with Gasteiger partial charge in [-0.05, 0) is 55.6 Å². The molecule has 27 heavy (non-hydrogen) atoms. The van der Waals surface area contributed by atoms with Crippen LogP contribution >= 0.6 is 0 Å². The predicted octanol–water partition coefficient (Wildman–Crippen LogP) is 3.85. The van der Waals surface area contributed by atoms with Gasteiger partial charge in [0, 0.05) is 17.1 Å². The Hall–Kier alpha value is -2.86. The molecule has 1 atom stereocenters. The molecule has 3 rings (SSSR count). The van der Waals surface area contributed by atoms with Crippen LogP contribution in [-0.4, -0.2) is 52.4 Å². The summed E-state index contributed by atoms with van der Waals surface area (Å²) < 4.78 is 21.9. The molecule has 6 heteroatoms. The lowest BCUT2D eigenvalue weighted by molar-refractivity contribution is 0.316. The number of ether oxygens (including phenoxy) is 4. The maximum absolute atomic E-state index is 5.54. The van der Waals surface area contributed by atoms with Crippen LogP contribution in [-0.2, 0) is 0 Å². The van der Waals surface area contributed by atoms with Gasteiger partial charge in [0.15, 0.2) is 11.5 Å². The third-order valence-electron chi connectivity index (χ3n) is 4.73. The summed E-state index contributed by atoms with van der Waals surface area (Å²) in [7, 11) is 10.6. The number of nitrogens with zero attached hydrogens (tertiary/aromatic N) is 1. The van der Waals surface area contributed by atoms with Crippen LogP contribution in [0.3, 0.4) is 0 Å². The van der Waals surface area contributed by atoms with Gasteiger partial charge in [-0.25, -0.2) is 0 Å². The number of benzene rings is 2. The molecule has 0 aliphatic heterocycles. The second-order valence-corrected chi connectivity index (χ2v) is 6.48. The molecule has 1 heterocycles. The van der Waals surface area contributed by atoms with Crippen LogP contribution in [0.25, 0.3) is 10.9 Å². The molecule has 6 nitrogen and oxygen atoms in total. The maximum atomic E-state index is 5.54. The largest absolute Gasteiger partial charge is 0.497 e. The second kappa shape index (κ2) is 7.80. The van der Waals surface area contributed by atoms with E-state index in [0.29, 0.717) is 17.2 Å². The highest BCUT2D eigenvalue weighted by Gasteiger charge is 2.24. The zero-order chi connectivity index (χ0) is 19.6. The molecule has 1 N–H and O–H groups in total. The minimum absolute atomic E-state index is 0.0143. The summed E-state index contributed by atoms with van der Waals surface area (Å²) in [4.78, 5) is 5.51. The summed E-state index contributed by atoms with van der Waals surface area (Å²) in [6, 6.07) is 10.00. The molecular formula is C21H26N2O4. The van der Waals surface area contributed by atoms with Crippen molar-refractivity contribution in [3.63, 3.8) is 0 Å². The highest BCUT2D eigenvalue weighted by Crippen LogP contribution is 2.43. The number of nitrogens with one attached hydrogen (secondary N) is 1. The fraction of sp³-hybridized carbons (Fsp3) is 0.333. The Labute approximate surface area is 159 Å². The van der Waals surface area contributed by atoms with E-state index in [1.807, 2.05) is 44.6 Å². The van der Waals surface area contributed by atoms with Gasteiger partial charge in [-0.3, -0.25) is 4.90 Å². The SMILES string of the molecule is COc1ccc2[nH]cc(C(c3cc(OC)c(OC)c(OC)c3)N(C)C)c2c1. The summed E-state index contributed by atoms with van der Waals surface area (Å²) in [5, 5.41) is 1.11. The molecule has 0 bridgehead atoms. The van der Waals surface area contributed by atoms with Gasteiger partial charge in [-0.15, -0.1) is 0 Å². The van der Waals surface area contributed by atoms with Crippen molar-refractivity contribution in [2.75, 3.05) is 42.5 Å². The number of H-pyrrole nitrogens is 1. The van der Waals surface area contributed by atoms with Crippen LogP contribution < -0.4 is 18.9 Å². The van der Waals surface area contributed by atoms with Crippen molar-refractivity contribution in [1.82, 2.24) is 9.88 Å². The zero-order valence-electron chi connectivity index (χ0n) is 16.6. The molecule has 0 saturated heterocycles. The van der Waals surface area contributed by atoms with Crippen molar-refractivity contribution in [3.8, 4) is 23.0 Å². The Balaban J connectivity index is 2.20. The van der Waals surface area contributed by atoms with Gasteiger partial charge in [0.05, 0.1) is 34.5 Å². The van der Waals surface area contributed by atoms with Crippen molar-refractivity contribution >= 4 is 10.9 Å². The molecule has 1 aromatic heterocycles. The number of methoxy groups -OCH3 is 4. The minimum atomic E-state index is -0.0143. The smallest absolute Gasteiger partial charge is 0.203 e. The molecule has 144 valence electrons. The van der Waals surface area contributed by atoms with Crippen LogP contribution in [0, 0.1) is 0 Å². The van der Waals surface area contributed by atoms with Gasteiger partial charge in [0.1, 0.15) is 5.75 Å². The van der Waals surface area contributed by atoms with Crippen LogP contribution in [0.2, 0.25) is 0 Å². The normalized spacial score (nSPS) is 12.3. The van der Waals surface area contributed by atoms with E-state index in [9.17, 15) is 0 Å². The predicted molar refractivity (Wildman–Crippen MR) is 106 cm³/mol. The Morgan fingerprint density at radius 2 is 1.52 bits per heavy atom. The first-order chi connectivity index (χ1) is 13.0. The molecule has 0 aliphatic rings. The molecule has 0 aliphatic carbocycles. The molecule has 0 saturated carbocycles. The maximum Gasteiger partial charge on any atom is 0.203 e. The Morgan fingerprint density at radius 3 is 2.04 bits per heavy atom. The first-order valence-corrected chi connectivity index (χ1v) is 8.65. The Kier molecular flexibility index (Phi) is 5.46. The topological polar surface area (TPSA) is 56.0 Å². The van der Waals surface area contributed by atoms with Gasteiger partial charge in [0.25, 0.3) is 0 Å². The monoisotopic (exact) mass is 370 g/mol. The number of fused-ring (bicyclic) bond motifs is 1. The molecule has 3 aromatic rings. The van der Waals surface area contributed by atoms with Crippen molar-refractivity contribution in [3.05, 3.63) is 47.7 Å². The lowest BCUT2D eigenvalue weighted by atomic mass is 9.96. The summed E-state index contributed by atoms with van der Waals surface area (Å²) in [6.45, 7) is 0. The van der Waals surface area contributed by atoms with Crippen LogP contribution in [0.4, 0.5) is 0 Å². The van der Waals surface area contributed by atoms with Gasteiger partial charge >= 0.3 is 0 Å². The van der Waals surface area contributed by atoms with Crippen molar-refractivity contribution < 1.29 is 18.9 Å². The number of aromatic nitrogens is 1. The Morgan fingerprint density at radius 1 is 0.852 bits per heavy atom. The van der Waals surface area contributed by atoms with Crippen molar-refractivity contribution in [2.24, 2.45) is 0 Å². The van der Waals surface area contributed by atoms with E-state index in [-0.39, 0.29) is 6.04 Å². The number of hydrogen-bond donors (Lipinski definition) is 1. The van der Waals surface area contributed by atoms with E-state index in [4.69, 9.17) is 18.9 Å². The van der Waals surface area contributed by atoms with Crippen LogP contribution in [0.15, 0.2) is 36.5 Å². The molecule has 0 spiro atoms. The minimum Gasteiger partial charge on any atom is -0.497 e. The quantitative estimate of drug-likeness (QED) is 0.685. The number of hydrogen-bond acceptors (Lipinski definition) is 5. The third-order valence-corrected chi connectivity index (χ3v) is 4.73. The molecule has 0 fully saturated rings. The van der Waals surface area contributed by atoms with Gasteiger partial charge < -0.3 is 23.9 Å². The summed E-state index contributed by atoms with van der Waals surface area (Å²) in [5.41, 5.74) is 3.24. The molecule has 0 amide bonds. The summed E-state index contributed by atoms with van der Waals surface area (Å²) in [6.07, 6.45) is 2.04. The second-order valence-electron chi connectivity index (χ2n) is 6.48. The van der Waals surface area contributed by atoms with Crippen LogP contribution in [0.5, 0.6) is 23.0 Å². The van der Waals surface area contributed by atoms with E-state index >= 15 is 0 Å². The van der Waals surface area contributed by atoms with Crippen molar-refractivity contribution in [2.45, 2.75) is 6.04 Å². The highest BCUT2D eigenvalue weighted by molar-refractivity contribution is 5.85. The fourth-order valence-corrected chi connectivity index (χ4v) is 3.49. The summed E-state index contributed by atoms with van der Waals surface area (Å²) >= 11 is 0. The Bertz CT molecular complexity index is 908. The molecule has 2 aromatic carbocycles.